The average molecular weight is 200 g/mol. The van der Waals surface area contributed by atoms with Gasteiger partial charge in [-0.15, -0.1) is 0 Å². The Hall–Kier alpha value is -0.660. The van der Waals surface area contributed by atoms with Gasteiger partial charge in [-0.3, -0.25) is 13.9 Å². The fourth-order valence-corrected chi connectivity index (χ4v) is 0. The van der Waals surface area contributed by atoms with Gasteiger partial charge in [0, 0.05) is 0 Å². The van der Waals surface area contributed by atoms with Gasteiger partial charge in [-0.2, -0.15) is 8.42 Å². The number of carboxylic acids is 1. The normalized spacial score (nSPS) is 11.4. The lowest BCUT2D eigenvalue weighted by Gasteiger charge is -2.08. The van der Waals surface area contributed by atoms with Crippen molar-refractivity contribution in [3.8, 4) is 0 Å². The van der Waals surface area contributed by atoms with Crippen molar-refractivity contribution in [1.29, 1.82) is 0 Å². The SMILES string of the molecule is CC(C)(C)C(=O)O.O=S(=O)(O)O. The molecule has 0 aromatic rings. The van der Waals surface area contributed by atoms with Crippen molar-refractivity contribution in [2.75, 3.05) is 0 Å². The van der Waals surface area contributed by atoms with Crippen LogP contribution in [0.15, 0.2) is 0 Å². The molecule has 6 nitrogen and oxygen atoms in total. The molecule has 7 heteroatoms. The van der Waals surface area contributed by atoms with E-state index < -0.39 is 21.8 Å². The van der Waals surface area contributed by atoms with Gasteiger partial charge in [-0.05, 0) is 20.8 Å². The highest BCUT2D eigenvalue weighted by Crippen LogP contribution is 2.11. The van der Waals surface area contributed by atoms with Crippen LogP contribution in [0.5, 0.6) is 0 Å². The zero-order valence-electron chi connectivity index (χ0n) is 6.97. The minimum absolute atomic E-state index is 0.583. The quantitative estimate of drug-likeness (QED) is 0.490. The van der Waals surface area contributed by atoms with Gasteiger partial charge in [0.25, 0.3) is 0 Å². The molecule has 12 heavy (non-hydrogen) atoms. The van der Waals surface area contributed by atoms with E-state index in [0.29, 0.717) is 0 Å². The van der Waals surface area contributed by atoms with E-state index in [2.05, 4.69) is 0 Å². The molecule has 0 aromatic heterocycles. The summed E-state index contributed by atoms with van der Waals surface area (Å²) >= 11 is 0. The smallest absolute Gasteiger partial charge is 0.394 e. The number of hydrogen-bond donors (Lipinski definition) is 3. The Morgan fingerprint density at radius 3 is 1.25 bits per heavy atom. The third kappa shape index (κ3) is 22.8. The van der Waals surface area contributed by atoms with E-state index in [9.17, 15) is 4.79 Å². The molecule has 0 heterocycles. The first kappa shape index (κ1) is 13.9. The maximum absolute atomic E-state index is 10.0. The molecular formula is C5H12O6S. The molecule has 0 fully saturated rings. The molecular weight excluding hydrogens is 188 g/mol. The second-order valence-electron chi connectivity index (χ2n) is 3.00. The largest absolute Gasteiger partial charge is 0.481 e. The van der Waals surface area contributed by atoms with E-state index in [0.717, 1.165) is 0 Å². The minimum atomic E-state index is -4.67. The zero-order chi connectivity index (χ0) is 10.6. The minimum Gasteiger partial charge on any atom is -0.481 e. The van der Waals surface area contributed by atoms with Crippen molar-refractivity contribution in [2.24, 2.45) is 5.41 Å². The molecule has 0 unspecified atom stereocenters. The van der Waals surface area contributed by atoms with Crippen molar-refractivity contribution >= 4 is 16.4 Å². The molecule has 0 aliphatic heterocycles. The summed E-state index contributed by atoms with van der Waals surface area (Å²) in [5, 5.41) is 8.25. The lowest BCUT2D eigenvalue weighted by atomic mass is 9.98. The fourth-order valence-electron chi connectivity index (χ4n) is 0. The summed E-state index contributed by atoms with van der Waals surface area (Å²) in [4.78, 5) is 10.0. The highest BCUT2D eigenvalue weighted by atomic mass is 32.3. The van der Waals surface area contributed by atoms with E-state index in [1.807, 2.05) is 0 Å². The Kier molecular flexibility index (Phi) is 5.08. The molecule has 0 atom stereocenters. The Morgan fingerprint density at radius 2 is 1.25 bits per heavy atom. The molecule has 0 radical (unpaired) electrons. The number of rotatable bonds is 0. The number of hydrogen-bond acceptors (Lipinski definition) is 3. The van der Waals surface area contributed by atoms with Crippen LogP contribution in [0.2, 0.25) is 0 Å². The van der Waals surface area contributed by atoms with E-state index in [4.69, 9.17) is 22.6 Å². The van der Waals surface area contributed by atoms with Crippen LogP contribution in [-0.2, 0) is 15.2 Å². The summed E-state index contributed by atoms with van der Waals surface area (Å²) in [6, 6.07) is 0. The Morgan fingerprint density at radius 1 is 1.17 bits per heavy atom. The summed E-state index contributed by atoms with van der Waals surface area (Å²) in [7, 11) is -4.67. The highest BCUT2D eigenvalue weighted by Gasteiger charge is 2.18. The highest BCUT2D eigenvalue weighted by molar-refractivity contribution is 7.79. The van der Waals surface area contributed by atoms with Gasteiger partial charge in [-0.1, -0.05) is 0 Å². The summed E-state index contributed by atoms with van der Waals surface area (Å²) in [6.45, 7) is 4.99. The molecule has 3 N–H and O–H groups in total. The fraction of sp³-hybridized carbons (Fsp3) is 0.800. The molecule has 0 saturated heterocycles. The third-order valence-electron chi connectivity index (χ3n) is 0.642. The topological polar surface area (TPSA) is 112 Å². The number of aliphatic carboxylic acids is 1. The molecule has 0 saturated carbocycles. The van der Waals surface area contributed by atoms with Crippen LogP contribution >= 0.6 is 0 Å². The van der Waals surface area contributed by atoms with Gasteiger partial charge in [0.15, 0.2) is 0 Å². The Labute approximate surface area is 70.8 Å². The molecule has 74 valence electrons. The zero-order valence-corrected chi connectivity index (χ0v) is 7.79. The predicted molar refractivity (Wildman–Crippen MR) is 41.3 cm³/mol. The Balaban J connectivity index is 0. The van der Waals surface area contributed by atoms with Gasteiger partial charge in [-0.25, -0.2) is 0 Å². The molecule has 0 bridgehead atoms. The van der Waals surface area contributed by atoms with Gasteiger partial charge in [0.05, 0.1) is 5.41 Å². The van der Waals surface area contributed by atoms with E-state index in [-0.39, 0.29) is 0 Å². The molecule has 0 spiro atoms. The van der Waals surface area contributed by atoms with Crippen LogP contribution in [0.4, 0.5) is 0 Å². The van der Waals surface area contributed by atoms with Crippen LogP contribution in [-0.4, -0.2) is 28.6 Å². The van der Waals surface area contributed by atoms with Gasteiger partial charge in [0.1, 0.15) is 0 Å². The first-order valence-corrected chi connectivity index (χ1v) is 4.27. The lowest BCUT2D eigenvalue weighted by molar-refractivity contribution is -0.145. The van der Waals surface area contributed by atoms with Crippen molar-refractivity contribution in [2.45, 2.75) is 20.8 Å². The van der Waals surface area contributed by atoms with Crippen LogP contribution < -0.4 is 0 Å². The van der Waals surface area contributed by atoms with E-state index in [1.54, 1.807) is 20.8 Å². The van der Waals surface area contributed by atoms with Crippen molar-refractivity contribution in [3.63, 3.8) is 0 Å². The molecule has 0 aliphatic rings. The summed E-state index contributed by atoms with van der Waals surface area (Å²) in [6.07, 6.45) is 0. The summed E-state index contributed by atoms with van der Waals surface area (Å²) in [5.74, 6) is -0.757. The molecule has 0 aromatic carbocycles. The summed E-state index contributed by atoms with van der Waals surface area (Å²) < 4.78 is 31.6. The second kappa shape index (κ2) is 4.39. The van der Waals surface area contributed by atoms with E-state index >= 15 is 0 Å². The first-order chi connectivity index (χ1) is 4.94. The second-order valence-corrected chi connectivity index (χ2v) is 3.90. The van der Waals surface area contributed by atoms with E-state index in [1.165, 1.54) is 0 Å². The third-order valence-corrected chi connectivity index (χ3v) is 0.642. The molecule has 0 amide bonds. The monoisotopic (exact) mass is 200 g/mol. The average Bonchev–Trinajstić information content (AvgIpc) is 1.55. The van der Waals surface area contributed by atoms with Crippen LogP contribution in [0.3, 0.4) is 0 Å². The summed E-state index contributed by atoms with van der Waals surface area (Å²) in [5.41, 5.74) is -0.583. The standard InChI is InChI=1S/C5H10O2.H2O4S/c1-5(2,3)4(6)7;1-5(2,3)4/h1-3H3,(H,6,7);(H2,1,2,3,4). The van der Waals surface area contributed by atoms with Crippen LogP contribution in [0.1, 0.15) is 20.8 Å². The van der Waals surface area contributed by atoms with Crippen molar-refractivity contribution in [3.05, 3.63) is 0 Å². The maximum atomic E-state index is 10.0. The number of carbonyl (C=O) groups is 1. The van der Waals surface area contributed by atoms with Crippen molar-refractivity contribution < 1.29 is 27.4 Å². The predicted octanol–water partition coefficient (Wildman–Crippen LogP) is 0.464. The van der Waals surface area contributed by atoms with Crippen molar-refractivity contribution in [1.82, 2.24) is 0 Å². The molecule has 0 rings (SSSR count). The lowest BCUT2D eigenvalue weighted by Crippen LogP contribution is -2.18. The van der Waals surface area contributed by atoms with Crippen LogP contribution in [0, 0.1) is 5.41 Å². The maximum Gasteiger partial charge on any atom is 0.394 e. The van der Waals surface area contributed by atoms with Gasteiger partial charge < -0.3 is 5.11 Å². The Bertz CT molecular complexity index is 225. The van der Waals surface area contributed by atoms with Gasteiger partial charge >= 0.3 is 16.4 Å². The molecule has 0 aliphatic carbocycles. The number of carboxylic acid groups (broad SMARTS) is 1. The first-order valence-electron chi connectivity index (χ1n) is 2.88. The van der Waals surface area contributed by atoms with Crippen LogP contribution in [0.25, 0.3) is 0 Å². The van der Waals surface area contributed by atoms with Gasteiger partial charge in [0.2, 0.25) is 0 Å².